The standard InChI is InChI=1S/C12H11F5N4S.ClH/c13-22(14,15,16,17)10-3-1-9(2-4-10)20-12-19-6-8-5-18-7-11(8)21-12;/h1-4,6,18H,5,7H2,(H,19,20,21);1H. The van der Waals surface area contributed by atoms with Gasteiger partial charge in [0, 0.05) is 30.5 Å². The number of nitrogens with one attached hydrogen (secondary N) is 2. The van der Waals surface area contributed by atoms with Crippen molar-refractivity contribution in [3.63, 3.8) is 0 Å². The van der Waals surface area contributed by atoms with Crippen LogP contribution in [0.3, 0.4) is 0 Å². The number of rotatable bonds is 3. The summed E-state index contributed by atoms with van der Waals surface area (Å²) in [5.41, 5.74) is 1.93. The summed E-state index contributed by atoms with van der Waals surface area (Å²) in [5.74, 6) is 0.197. The third-order valence-corrected chi connectivity index (χ3v) is 4.28. The van der Waals surface area contributed by atoms with Gasteiger partial charge in [-0.3, -0.25) is 0 Å². The molecule has 2 heterocycles. The molecule has 2 N–H and O–H groups in total. The van der Waals surface area contributed by atoms with Crippen LogP contribution in [-0.4, -0.2) is 9.97 Å². The molecular weight excluding hydrogens is 363 g/mol. The van der Waals surface area contributed by atoms with Crippen molar-refractivity contribution in [1.29, 1.82) is 0 Å². The highest BCUT2D eigenvalue weighted by Gasteiger charge is 2.65. The summed E-state index contributed by atoms with van der Waals surface area (Å²) in [6, 6.07) is 2.53. The van der Waals surface area contributed by atoms with E-state index in [9.17, 15) is 19.4 Å². The van der Waals surface area contributed by atoms with E-state index in [0.717, 1.165) is 23.4 Å². The first kappa shape index (κ1) is 17.7. The van der Waals surface area contributed by atoms with Crippen LogP contribution in [0.2, 0.25) is 0 Å². The fourth-order valence-corrected chi connectivity index (χ4v) is 2.69. The fourth-order valence-electron chi connectivity index (χ4n) is 2.04. The number of nitrogens with zero attached hydrogens (tertiary/aromatic N) is 2. The highest BCUT2D eigenvalue weighted by Crippen LogP contribution is 3.02. The van der Waals surface area contributed by atoms with Crippen molar-refractivity contribution in [1.82, 2.24) is 15.3 Å². The van der Waals surface area contributed by atoms with E-state index in [4.69, 9.17) is 0 Å². The third-order valence-electron chi connectivity index (χ3n) is 3.12. The first-order valence-electron chi connectivity index (χ1n) is 6.18. The van der Waals surface area contributed by atoms with Gasteiger partial charge in [0.05, 0.1) is 5.69 Å². The van der Waals surface area contributed by atoms with Gasteiger partial charge in [-0.2, -0.15) is 0 Å². The van der Waals surface area contributed by atoms with Gasteiger partial charge in [0.25, 0.3) is 0 Å². The largest absolute Gasteiger partial charge is 0.324 e. The van der Waals surface area contributed by atoms with E-state index < -0.39 is 15.1 Å². The zero-order valence-corrected chi connectivity index (χ0v) is 13.0. The van der Waals surface area contributed by atoms with Crippen molar-refractivity contribution in [2.45, 2.75) is 18.0 Å². The molecule has 128 valence electrons. The van der Waals surface area contributed by atoms with Crippen molar-refractivity contribution in [2.24, 2.45) is 0 Å². The Morgan fingerprint density at radius 1 is 1.00 bits per heavy atom. The molecule has 11 heteroatoms. The minimum absolute atomic E-state index is 0. The van der Waals surface area contributed by atoms with E-state index in [1.165, 1.54) is 0 Å². The predicted octanol–water partition coefficient (Wildman–Crippen LogP) is 4.90. The monoisotopic (exact) mass is 374 g/mol. The number of anilines is 2. The van der Waals surface area contributed by atoms with Gasteiger partial charge in [0.1, 0.15) is 4.90 Å². The lowest BCUT2D eigenvalue weighted by atomic mass is 10.3. The van der Waals surface area contributed by atoms with Gasteiger partial charge in [-0.1, -0.05) is 19.4 Å². The SMILES string of the molecule is Cl.FS(F)(F)(F)(F)c1ccc(Nc2ncc3c(n2)CNC3)cc1. The minimum atomic E-state index is -9.63. The highest BCUT2D eigenvalue weighted by molar-refractivity contribution is 8.45. The lowest BCUT2D eigenvalue weighted by Gasteiger charge is -2.40. The maximum Gasteiger partial charge on any atom is 0.310 e. The second-order valence-corrected chi connectivity index (χ2v) is 7.30. The molecule has 1 aliphatic heterocycles. The molecule has 3 rings (SSSR count). The Hall–Kier alpha value is -1.65. The molecule has 0 spiro atoms. The molecule has 4 nitrogen and oxygen atoms in total. The lowest BCUT2D eigenvalue weighted by Crippen LogP contribution is -2.06. The van der Waals surface area contributed by atoms with E-state index in [2.05, 4.69) is 20.6 Å². The summed E-state index contributed by atoms with van der Waals surface area (Å²) >= 11 is 0. The molecule has 0 amide bonds. The Morgan fingerprint density at radius 3 is 2.26 bits per heavy atom. The number of halogens is 6. The van der Waals surface area contributed by atoms with E-state index in [0.29, 0.717) is 25.2 Å². The van der Waals surface area contributed by atoms with Crippen LogP contribution in [0.25, 0.3) is 0 Å². The van der Waals surface area contributed by atoms with Crippen molar-refractivity contribution in [3.05, 3.63) is 41.7 Å². The van der Waals surface area contributed by atoms with Gasteiger partial charge in [0.2, 0.25) is 5.95 Å². The summed E-state index contributed by atoms with van der Waals surface area (Å²) in [6.07, 6.45) is 1.60. The van der Waals surface area contributed by atoms with Crippen LogP contribution >= 0.6 is 22.6 Å². The summed E-state index contributed by atoms with van der Waals surface area (Å²) < 4.78 is 63.0. The molecule has 0 saturated heterocycles. The van der Waals surface area contributed by atoms with Gasteiger partial charge >= 0.3 is 10.2 Å². The molecule has 1 aromatic heterocycles. The van der Waals surface area contributed by atoms with Crippen LogP contribution < -0.4 is 10.6 Å². The molecule has 0 fully saturated rings. The Bertz CT molecular complexity index is 736. The Labute approximate surface area is 134 Å². The second-order valence-electron chi connectivity index (χ2n) is 4.89. The van der Waals surface area contributed by atoms with E-state index in [1.54, 1.807) is 6.20 Å². The zero-order valence-electron chi connectivity index (χ0n) is 11.4. The van der Waals surface area contributed by atoms with E-state index >= 15 is 0 Å². The Kier molecular flexibility index (Phi) is 3.79. The van der Waals surface area contributed by atoms with Gasteiger partial charge in [0.15, 0.2) is 0 Å². The van der Waals surface area contributed by atoms with Crippen LogP contribution in [0.1, 0.15) is 11.3 Å². The lowest BCUT2D eigenvalue weighted by molar-refractivity contribution is 0.364. The zero-order chi connectivity index (χ0) is 16.1. The average Bonchev–Trinajstić information content (AvgIpc) is 2.84. The fraction of sp³-hybridized carbons (Fsp3) is 0.167. The summed E-state index contributed by atoms with van der Waals surface area (Å²) in [7, 11) is -9.63. The minimum Gasteiger partial charge on any atom is -0.324 e. The first-order valence-corrected chi connectivity index (χ1v) is 8.13. The molecule has 0 saturated carbocycles. The second kappa shape index (κ2) is 4.92. The van der Waals surface area contributed by atoms with Gasteiger partial charge < -0.3 is 10.6 Å². The number of hydrogen-bond acceptors (Lipinski definition) is 4. The van der Waals surface area contributed by atoms with Gasteiger partial charge in [-0.15, -0.1) is 12.4 Å². The van der Waals surface area contributed by atoms with E-state index in [1.807, 2.05) is 0 Å². The topological polar surface area (TPSA) is 49.8 Å². The maximum atomic E-state index is 12.6. The average molecular weight is 375 g/mol. The number of benzene rings is 1. The molecule has 2 aromatic rings. The summed E-state index contributed by atoms with van der Waals surface area (Å²) in [4.78, 5) is 6.29. The quantitative estimate of drug-likeness (QED) is 0.750. The van der Waals surface area contributed by atoms with Crippen molar-refractivity contribution in [2.75, 3.05) is 5.32 Å². The van der Waals surface area contributed by atoms with E-state index in [-0.39, 0.29) is 24.0 Å². The molecule has 0 aliphatic carbocycles. The van der Waals surface area contributed by atoms with Crippen molar-refractivity contribution < 1.29 is 19.4 Å². The smallest absolute Gasteiger partial charge is 0.310 e. The summed E-state index contributed by atoms with van der Waals surface area (Å²) in [6.45, 7) is 1.24. The van der Waals surface area contributed by atoms with Crippen LogP contribution in [-0.2, 0) is 13.1 Å². The normalized spacial score (nSPS) is 16.7. The highest BCUT2D eigenvalue weighted by atomic mass is 35.5. The van der Waals surface area contributed by atoms with Gasteiger partial charge in [-0.25, -0.2) is 9.97 Å². The molecular formula is C12H12ClF5N4S. The molecule has 0 unspecified atom stereocenters. The molecule has 1 aromatic carbocycles. The summed E-state index contributed by atoms with van der Waals surface area (Å²) in [5, 5.41) is 5.76. The van der Waals surface area contributed by atoms with Crippen LogP contribution in [0.4, 0.5) is 31.1 Å². The number of aromatic nitrogens is 2. The number of hydrogen-bond donors (Lipinski definition) is 2. The van der Waals surface area contributed by atoms with Crippen molar-refractivity contribution in [3.8, 4) is 0 Å². The Morgan fingerprint density at radius 2 is 1.65 bits per heavy atom. The van der Waals surface area contributed by atoms with Crippen LogP contribution in [0, 0.1) is 0 Å². The predicted molar refractivity (Wildman–Crippen MR) is 80.9 cm³/mol. The number of fused-ring (bicyclic) bond motifs is 1. The van der Waals surface area contributed by atoms with Crippen LogP contribution in [0.15, 0.2) is 35.4 Å². The van der Waals surface area contributed by atoms with Crippen molar-refractivity contribution >= 4 is 34.3 Å². The molecule has 0 bridgehead atoms. The first-order chi connectivity index (χ1) is 10.0. The maximum absolute atomic E-state index is 12.6. The Balaban J connectivity index is 0.00000192. The molecule has 23 heavy (non-hydrogen) atoms. The molecule has 0 radical (unpaired) electrons. The van der Waals surface area contributed by atoms with Crippen LogP contribution in [0.5, 0.6) is 0 Å². The molecule has 1 aliphatic rings. The van der Waals surface area contributed by atoms with Gasteiger partial charge in [-0.05, 0) is 24.3 Å². The molecule has 0 atom stereocenters. The third kappa shape index (κ3) is 4.01.